The number of anilines is 1. The summed E-state index contributed by atoms with van der Waals surface area (Å²) in [7, 11) is 0. The van der Waals surface area contributed by atoms with E-state index in [1.54, 1.807) is 0 Å². The molecule has 0 radical (unpaired) electrons. The molecule has 2 rings (SSSR count). The number of hydrogen-bond acceptors (Lipinski definition) is 2. The third kappa shape index (κ3) is 4.83. The molecule has 1 amide bonds. The third-order valence-corrected chi connectivity index (χ3v) is 3.56. The van der Waals surface area contributed by atoms with E-state index in [2.05, 4.69) is 17.4 Å². The Morgan fingerprint density at radius 3 is 1.96 bits per heavy atom. The van der Waals surface area contributed by atoms with Crippen molar-refractivity contribution in [2.75, 3.05) is 4.90 Å². The first-order valence-electron chi connectivity index (χ1n) is 7.74. The smallest absolute Gasteiger partial charge is 0.412 e. The highest BCUT2D eigenvalue weighted by molar-refractivity contribution is 5.87. The predicted molar refractivity (Wildman–Crippen MR) is 93.7 cm³/mol. The minimum atomic E-state index is -0.938. The first-order valence-corrected chi connectivity index (χ1v) is 7.74. The van der Waals surface area contributed by atoms with Gasteiger partial charge in [0.25, 0.3) is 0 Å². The molecule has 0 aliphatic heterocycles. The van der Waals surface area contributed by atoms with Crippen LogP contribution in [0, 0.1) is 0 Å². The maximum atomic E-state index is 11.5. The minimum absolute atomic E-state index is 0.473. The zero-order valence-corrected chi connectivity index (χ0v) is 13.9. The number of carbonyl (C=O) groups is 1. The van der Waals surface area contributed by atoms with Gasteiger partial charge in [-0.2, -0.15) is 0 Å². The van der Waals surface area contributed by atoms with Gasteiger partial charge in [0.2, 0.25) is 0 Å². The Labute approximate surface area is 137 Å². The summed E-state index contributed by atoms with van der Waals surface area (Å²) in [5.74, 6) is 0. The Morgan fingerprint density at radius 2 is 1.48 bits per heavy atom. The van der Waals surface area contributed by atoms with Crippen molar-refractivity contribution in [1.82, 2.24) is 5.32 Å². The summed E-state index contributed by atoms with van der Waals surface area (Å²) in [6.07, 6.45) is -0.938. The molecule has 0 spiro atoms. The largest absolute Gasteiger partial charge is 0.465 e. The Balaban J connectivity index is 1.97. The lowest BCUT2D eigenvalue weighted by molar-refractivity contribution is 0.195. The first kappa shape index (κ1) is 17.0. The molecule has 0 heterocycles. The van der Waals surface area contributed by atoms with Crippen LogP contribution in [0.2, 0.25) is 0 Å². The average molecular weight is 312 g/mol. The normalized spacial score (nSPS) is 11.3. The molecule has 4 heteroatoms. The Morgan fingerprint density at radius 1 is 0.957 bits per heavy atom. The molecule has 0 aliphatic carbocycles. The summed E-state index contributed by atoms with van der Waals surface area (Å²) >= 11 is 0. The summed E-state index contributed by atoms with van der Waals surface area (Å²) in [5.41, 5.74) is 2.59. The molecule has 0 aromatic heterocycles. The SMILES string of the molecule is CC(C)(C)N(C(=O)O)c1ccc(CNCc2ccccc2)cc1. The molecule has 122 valence electrons. The van der Waals surface area contributed by atoms with Gasteiger partial charge in [-0.05, 0) is 44.0 Å². The fraction of sp³-hybridized carbons (Fsp3) is 0.316. The molecule has 2 N–H and O–H groups in total. The van der Waals surface area contributed by atoms with Gasteiger partial charge in [0, 0.05) is 24.3 Å². The number of rotatable bonds is 5. The van der Waals surface area contributed by atoms with Crippen molar-refractivity contribution in [2.45, 2.75) is 39.4 Å². The topological polar surface area (TPSA) is 52.6 Å². The molecule has 0 aliphatic rings. The molecule has 23 heavy (non-hydrogen) atoms. The molecule has 2 aromatic carbocycles. The van der Waals surface area contributed by atoms with E-state index in [0.717, 1.165) is 18.7 Å². The maximum absolute atomic E-state index is 11.5. The highest BCUT2D eigenvalue weighted by atomic mass is 16.4. The second-order valence-corrected chi connectivity index (χ2v) is 6.54. The highest BCUT2D eigenvalue weighted by Crippen LogP contribution is 2.24. The second-order valence-electron chi connectivity index (χ2n) is 6.54. The van der Waals surface area contributed by atoms with Crippen molar-refractivity contribution in [3.8, 4) is 0 Å². The molecule has 0 bridgehead atoms. The quantitative estimate of drug-likeness (QED) is 0.867. The van der Waals surface area contributed by atoms with Crippen molar-refractivity contribution >= 4 is 11.8 Å². The van der Waals surface area contributed by atoms with E-state index in [-0.39, 0.29) is 0 Å². The summed E-state index contributed by atoms with van der Waals surface area (Å²) in [6.45, 7) is 7.22. The predicted octanol–water partition coefficient (Wildman–Crippen LogP) is 4.26. The van der Waals surface area contributed by atoms with Crippen LogP contribution in [-0.4, -0.2) is 16.7 Å². The van der Waals surface area contributed by atoms with E-state index in [4.69, 9.17) is 0 Å². The molecular weight excluding hydrogens is 288 g/mol. The Kier molecular flexibility index (Phi) is 5.40. The Hall–Kier alpha value is -2.33. The molecule has 0 unspecified atom stereocenters. The number of hydrogen-bond donors (Lipinski definition) is 2. The summed E-state index contributed by atoms with van der Waals surface area (Å²) in [6, 6.07) is 17.9. The van der Waals surface area contributed by atoms with Gasteiger partial charge in [-0.3, -0.25) is 4.90 Å². The van der Waals surface area contributed by atoms with Gasteiger partial charge in [-0.15, -0.1) is 0 Å². The lowest BCUT2D eigenvalue weighted by atomic mass is 10.0. The van der Waals surface area contributed by atoms with Crippen molar-refractivity contribution in [3.63, 3.8) is 0 Å². The minimum Gasteiger partial charge on any atom is -0.465 e. The maximum Gasteiger partial charge on any atom is 0.412 e. The number of nitrogens with one attached hydrogen (secondary N) is 1. The summed E-state index contributed by atoms with van der Waals surface area (Å²) in [4.78, 5) is 12.9. The number of carboxylic acid groups (broad SMARTS) is 1. The number of benzene rings is 2. The molecule has 4 nitrogen and oxygen atoms in total. The van der Waals surface area contributed by atoms with E-state index in [0.29, 0.717) is 5.69 Å². The third-order valence-electron chi connectivity index (χ3n) is 3.56. The first-order chi connectivity index (χ1) is 10.9. The van der Waals surface area contributed by atoms with Crippen LogP contribution in [0.1, 0.15) is 31.9 Å². The van der Waals surface area contributed by atoms with Gasteiger partial charge in [0.05, 0.1) is 0 Å². The van der Waals surface area contributed by atoms with Gasteiger partial charge in [-0.1, -0.05) is 42.5 Å². The van der Waals surface area contributed by atoms with E-state index in [9.17, 15) is 9.90 Å². The average Bonchev–Trinajstić information content (AvgIpc) is 2.48. The lowest BCUT2D eigenvalue weighted by Crippen LogP contribution is -2.45. The van der Waals surface area contributed by atoms with E-state index in [1.165, 1.54) is 10.5 Å². The molecule has 2 aromatic rings. The molecule has 0 saturated carbocycles. The lowest BCUT2D eigenvalue weighted by Gasteiger charge is -2.33. The zero-order valence-electron chi connectivity index (χ0n) is 13.9. The fourth-order valence-electron chi connectivity index (χ4n) is 2.49. The van der Waals surface area contributed by atoms with Crippen LogP contribution in [-0.2, 0) is 13.1 Å². The molecule has 0 atom stereocenters. The number of nitrogens with zero attached hydrogens (tertiary/aromatic N) is 1. The van der Waals surface area contributed by atoms with Gasteiger partial charge in [0.1, 0.15) is 0 Å². The molecule has 0 fully saturated rings. The van der Waals surface area contributed by atoms with Crippen LogP contribution in [0.5, 0.6) is 0 Å². The van der Waals surface area contributed by atoms with Gasteiger partial charge in [-0.25, -0.2) is 4.79 Å². The van der Waals surface area contributed by atoms with Crippen LogP contribution in [0.25, 0.3) is 0 Å². The van der Waals surface area contributed by atoms with Crippen LogP contribution in [0.3, 0.4) is 0 Å². The van der Waals surface area contributed by atoms with Crippen LogP contribution < -0.4 is 10.2 Å². The van der Waals surface area contributed by atoms with Crippen LogP contribution in [0.15, 0.2) is 54.6 Å². The zero-order chi connectivity index (χ0) is 16.9. The van der Waals surface area contributed by atoms with Crippen molar-refractivity contribution in [2.24, 2.45) is 0 Å². The molecule has 0 saturated heterocycles. The van der Waals surface area contributed by atoms with E-state index in [1.807, 2.05) is 63.2 Å². The van der Waals surface area contributed by atoms with Gasteiger partial charge < -0.3 is 10.4 Å². The summed E-state index contributed by atoms with van der Waals surface area (Å²) < 4.78 is 0. The van der Waals surface area contributed by atoms with Crippen molar-refractivity contribution in [1.29, 1.82) is 0 Å². The van der Waals surface area contributed by atoms with Gasteiger partial charge >= 0.3 is 6.09 Å². The van der Waals surface area contributed by atoms with Crippen molar-refractivity contribution in [3.05, 3.63) is 65.7 Å². The molecular formula is C19H24N2O2. The van der Waals surface area contributed by atoms with Gasteiger partial charge in [0.15, 0.2) is 0 Å². The summed E-state index contributed by atoms with van der Waals surface area (Å²) in [5, 5.41) is 12.8. The monoisotopic (exact) mass is 312 g/mol. The van der Waals surface area contributed by atoms with Crippen molar-refractivity contribution < 1.29 is 9.90 Å². The highest BCUT2D eigenvalue weighted by Gasteiger charge is 2.27. The van der Waals surface area contributed by atoms with E-state index >= 15 is 0 Å². The van der Waals surface area contributed by atoms with Crippen LogP contribution >= 0.6 is 0 Å². The Bertz CT molecular complexity index is 631. The second kappa shape index (κ2) is 7.29. The number of amides is 1. The fourth-order valence-corrected chi connectivity index (χ4v) is 2.49. The van der Waals surface area contributed by atoms with E-state index < -0.39 is 11.6 Å². The van der Waals surface area contributed by atoms with Crippen LogP contribution in [0.4, 0.5) is 10.5 Å². The standard InChI is InChI=1S/C19H24N2O2/c1-19(2,3)21(18(22)23)17-11-9-16(10-12-17)14-20-13-15-7-5-4-6-8-15/h4-12,20H,13-14H2,1-3H3,(H,22,23).